The molecular formula is C22H38N4O6. The molecule has 182 valence electrons. The summed E-state index contributed by atoms with van der Waals surface area (Å²) in [6, 6.07) is -1.35. The Bertz CT molecular complexity index is 681. The monoisotopic (exact) mass is 454 g/mol. The van der Waals surface area contributed by atoms with E-state index in [1.807, 2.05) is 13.8 Å². The van der Waals surface area contributed by atoms with Crippen LogP contribution in [0.3, 0.4) is 0 Å². The van der Waals surface area contributed by atoms with Crippen LogP contribution in [0.5, 0.6) is 0 Å². The normalized spacial score (nSPS) is 16.5. The first-order chi connectivity index (χ1) is 15.0. The van der Waals surface area contributed by atoms with E-state index in [4.69, 9.17) is 5.73 Å². The molecule has 10 heteroatoms. The van der Waals surface area contributed by atoms with Gasteiger partial charge in [-0.3, -0.25) is 19.2 Å². The number of rotatable bonds is 15. The Morgan fingerprint density at radius 3 is 2.25 bits per heavy atom. The number of carboxylic acid groups (broad SMARTS) is 1. The van der Waals surface area contributed by atoms with E-state index in [1.165, 1.54) is 0 Å². The van der Waals surface area contributed by atoms with Gasteiger partial charge in [0.1, 0.15) is 6.04 Å². The number of likely N-dealkylation sites (tertiary alicyclic amines) is 1. The molecule has 5 N–H and O–H groups in total. The number of aliphatic carboxylic acids is 1. The lowest BCUT2D eigenvalue weighted by molar-refractivity contribution is -0.142. The topological polar surface area (TPSA) is 159 Å². The molecule has 1 heterocycles. The molecule has 3 unspecified atom stereocenters. The molecule has 1 aliphatic rings. The number of carboxylic acids is 1. The van der Waals surface area contributed by atoms with E-state index in [-0.39, 0.29) is 49.1 Å². The minimum atomic E-state index is -1.15. The maximum atomic E-state index is 12.3. The number of unbranched alkanes of at least 4 members (excludes halogenated alkanes) is 1. The van der Waals surface area contributed by atoms with Crippen molar-refractivity contribution in [1.29, 1.82) is 0 Å². The van der Waals surface area contributed by atoms with Crippen molar-refractivity contribution in [2.75, 3.05) is 6.54 Å². The molecule has 0 bridgehead atoms. The van der Waals surface area contributed by atoms with Crippen LogP contribution >= 0.6 is 0 Å². The minimum Gasteiger partial charge on any atom is -0.480 e. The summed E-state index contributed by atoms with van der Waals surface area (Å²) < 4.78 is 0. The molecule has 0 spiro atoms. The van der Waals surface area contributed by atoms with Crippen molar-refractivity contribution < 1.29 is 29.1 Å². The van der Waals surface area contributed by atoms with Gasteiger partial charge in [0, 0.05) is 43.8 Å². The highest BCUT2D eigenvalue weighted by atomic mass is 16.4. The second kappa shape index (κ2) is 13.7. The Kier molecular flexibility index (Phi) is 11.7. The van der Waals surface area contributed by atoms with Gasteiger partial charge in [-0.05, 0) is 52.4 Å². The molecule has 0 aromatic rings. The summed E-state index contributed by atoms with van der Waals surface area (Å²) in [7, 11) is 0. The molecule has 10 nitrogen and oxygen atoms in total. The average molecular weight is 455 g/mol. The van der Waals surface area contributed by atoms with Gasteiger partial charge >= 0.3 is 5.97 Å². The van der Waals surface area contributed by atoms with Crippen LogP contribution in [0.2, 0.25) is 0 Å². The van der Waals surface area contributed by atoms with Crippen molar-refractivity contribution in [3.8, 4) is 0 Å². The number of nitrogens with one attached hydrogen (secondary N) is 2. The highest BCUT2D eigenvalue weighted by molar-refractivity contribution is 5.83. The third-order valence-corrected chi connectivity index (χ3v) is 5.55. The number of carbonyl (C=O) groups excluding carboxylic acids is 4. The molecule has 0 aromatic carbocycles. The number of amides is 4. The van der Waals surface area contributed by atoms with Crippen LogP contribution in [0, 0.1) is 5.92 Å². The minimum absolute atomic E-state index is 0.00592. The summed E-state index contributed by atoms with van der Waals surface area (Å²) in [5.74, 6) is -2.41. The Labute approximate surface area is 189 Å². The number of nitrogens with two attached hydrogens (primary N) is 1. The Morgan fingerprint density at radius 1 is 1.06 bits per heavy atom. The van der Waals surface area contributed by atoms with E-state index in [9.17, 15) is 29.1 Å². The van der Waals surface area contributed by atoms with Gasteiger partial charge in [0.05, 0.1) is 0 Å². The smallest absolute Gasteiger partial charge is 0.326 e. The second-order valence-electron chi connectivity index (χ2n) is 8.85. The number of hydrogen-bond acceptors (Lipinski definition) is 5. The summed E-state index contributed by atoms with van der Waals surface area (Å²) in [6.07, 6.45) is 3.34. The second-order valence-corrected chi connectivity index (χ2v) is 8.85. The molecule has 1 rings (SSSR count). The zero-order chi connectivity index (χ0) is 24.3. The van der Waals surface area contributed by atoms with Gasteiger partial charge in [-0.1, -0.05) is 6.92 Å². The zero-order valence-corrected chi connectivity index (χ0v) is 19.4. The lowest BCUT2D eigenvalue weighted by Crippen LogP contribution is -2.44. The Hall–Kier alpha value is -2.65. The summed E-state index contributed by atoms with van der Waals surface area (Å²) in [5, 5.41) is 14.9. The molecule has 0 radical (unpaired) electrons. The van der Waals surface area contributed by atoms with Crippen molar-refractivity contribution >= 4 is 29.6 Å². The molecule has 0 saturated carbocycles. The summed E-state index contributed by atoms with van der Waals surface area (Å²) >= 11 is 0. The van der Waals surface area contributed by atoms with Crippen LogP contribution < -0.4 is 16.4 Å². The van der Waals surface area contributed by atoms with Crippen molar-refractivity contribution in [3.05, 3.63) is 0 Å². The van der Waals surface area contributed by atoms with Crippen LogP contribution in [0.4, 0.5) is 0 Å². The zero-order valence-electron chi connectivity index (χ0n) is 19.4. The molecule has 32 heavy (non-hydrogen) atoms. The standard InChI is InChI=1S/C22H38N4O6/c1-14(2)24-21(30)15(3)13-16(26-12-6-9-20(26)29)10-11-17(22(31)32)25-19(28)8-5-4-7-18(23)27/h14-17H,4-13H2,1-3H3,(H2,23,27)(H,24,30)(H,25,28)(H,31,32). The predicted molar refractivity (Wildman–Crippen MR) is 118 cm³/mol. The average Bonchev–Trinajstić information content (AvgIpc) is 3.12. The van der Waals surface area contributed by atoms with Crippen molar-refractivity contribution in [2.45, 2.75) is 96.7 Å². The van der Waals surface area contributed by atoms with Crippen LogP contribution in [0.15, 0.2) is 0 Å². The van der Waals surface area contributed by atoms with Crippen molar-refractivity contribution in [1.82, 2.24) is 15.5 Å². The van der Waals surface area contributed by atoms with Crippen molar-refractivity contribution in [2.24, 2.45) is 11.7 Å². The fourth-order valence-electron chi connectivity index (χ4n) is 3.87. The van der Waals surface area contributed by atoms with E-state index in [2.05, 4.69) is 10.6 Å². The van der Waals surface area contributed by atoms with E-state index < -0.39 is 23.8 Å². The van der Waals surface area contributed by atoms with Gasteiger partial charge in [-0.15, -0.1) is 0 Å². The maximum absolute atomic E-state index is 12.3. The number of carbonyl (C=O) groups is 5. The summed E-state index contributed by atoms with van der Waals surface area (Å²) in [4.78, 5) is 60.9. The first kappa shape index (κ1) is 27.4. The molecule has 1 saturated heterocycles. The third kappa shape index (κ3) is 10.1. The van der Waals surface area contributed by atoms with Gasteiger partial charge in [0.2, 0.25) is 23.6 Å². The van der Waals surface area contributed by atoms with E-state index in [0.717, 1.165) is 6.42 Å². The SMILES string of the molecule is CC(C)NC(=O)C(C)CC(CCC(NC(=O)CCCCC(N)=O)C(=O)O)N1CCCC1=O. The highest BCUT2D eigenvalue weighted by Gasteiger charge is 2.32. The number of nitrogens with zero attached hydrogens (tertiary/aromatic N) is 1. The third-order valence-electron chi connectivity index (χ3n) is 5.55. The Balaban J connectivity index is 2.70. The van der Waals surface area contributed by atoms with Crippen LogP contribution in [-0.4, -0.2) is 64.3 Å². The number of hydrogen-bond donors (Lipinski definition) is 4. The highest BCUT2D eigenvalue weighted by Crippen LogP contribution is 2.23. The number of primary amides is 1. The lowest BCUT2D eigenvalue weighted by Gasteiger charge is -2.31. The van der Waals surface area contributed by atoms with Crippen molar-refractivity contribution in [3.63, 3.8) is 0 Å². The molecular weight excluding hydrogens is 416 g/mol. The quantitative estimate of drug-likeness (QED) is 0.269. The fourth-order valence-corrected chi connectivity index (χ4v) is 3.87. The molecule has 1 fully saturated rings. The van der Waals surface area contributed by atoms with Gasteiger partial charge in [0.25, 0.3) is 0 Å². The van der Waals surface area contributed by atoms with E-state index in [1.54, 1.807) is 11.8 Å². The predicted octanol–water partition coefficient (Wildman–Crippen LogP) is 0.924. The Morgan fingerprint density at radius 2 is 1.72 bits per heavy atom. The summed E-state index contributed by atoms with van der Waals surface area (Å²) in [5.41, 5.74) is 5.07. The maximum Gasteiger partial charge on any atom is 0.326 e. The molecule has 4 amide bonds. The summed E-state index contributed by atoms with van der Waals surface area (Å²) in [6.45, 7) is 6.14. The fraction of sp³-hybridized carbons (Fsp3) is 0.773. The van der Waals surface area contributed by atoms with Gasteiger partial charge in [0.15, 0.2) is 0 Å². The lowest BCUT2D eigenvalue weighted by atomic mass is 9.94. The first-order valence-electron chi connectivity index (χ1n) is 11.4. The van der Waals surface area contributed by atoms with Crippen LogP contribution in [0.1, 0.15) is 78.6 Å². The molecule has 3 atom stereocenters. The van der Waals surface area contributed by atoms with Crippen LogP contribution in [0.25, 0.3) is 0 Å². The molecule has 0 aliphatic carbocycles. The van der Waals surface area contributed by atoms with E-state index >= 15 is 0 Å². The van der Waals surface area contributed by atoms with Gasteiger partial charge < -0.3 is 26.4 Å². The van der Waals surface area contributed by atoms with E-state index in [0.29, 0.717) is 38.6 Å². The first-order valence-corrected chi connectivity index (χ1v) is 11.4. The largest absolute Gasteiger partial charge is 0.480 e. The van der Waals surface area contributed by atoms with Gasteiger partial charge in [-0.25, -0.2) is 4.79 Å². The van der Waals surface area contributed by atoms with Gasteiger partial charge in [-0.2, -0.15) is 0 Å². The molecule has 0 aromatic heterocycles. The van der Waals surface area contributed by atoms with Crippen LogP contribution in [-0.2, 0) is 24.0 Å². The molecule has 1 aliphatic heterocycles.